The number of fused-ring (bicyclic) bond motifs is 1. The van der Waals surface area contributed by atoms with Crippen molar-refractivity contribution in [1.82, 2.24) is 4.57 Å². The molecule has 3 aromatic rings. The van der Waals surface area contributed by atoms with Crippen LogP contribution in [0.1, 0.15) is 11.1 Å². The Hall–Kier alpha value is -2.71. The molecule has 0 radical (unpaired) electrons. The van der Waals surface area contributed by atoms with Gasteiger partial charge < -0.3 is 4.57 Å². The van der Waals surface area contributed by atoms with E-state index < -0.39 is 0 Å². The molecule has 0 atom stereocenters. The summed E-state index contributed by atoms with van der Waals surface area (Å²) in [6.45, 7) is 2.37. The van der Waals surface area contributed by atoms with Gasteiger partial charge in [0.25, 0.3) is 5.91 Å². The Kier molecular flexibility index (Phi) is 4.59. The molecule has 0 N–H and O–H groups in total. The van der Waals surface area contributed by atoms with Gasteiger partial charge in [-0.15, -0.1) is 6.42 Å². The maximum Gasteiger partial charge on any atom is 0.252 e. The summed E-state index contributed by atoms with van der Waals surface area (Å²) in [7, 11) is 0. The van der Waals surface area contributed by atoms with Crippen molar-refractivity contribution >= 4 is 27.5 Å². The molecule has 0 bridgehead atoms. The summed E-state index contributed by atoms with van der Waals surface area (Å²) in [6, 6.07) is 11.9. The van der Waals surface area contributed by atoms with Crippen LogP contribution in [-0.4, -0.2) is 10.5 Å². The van der Waals surface area contributed by atoms with Crippen molar-refractivity contribution in [1.29, 1.82) is 0 Å². The summed E-state index contributed by atoms with van der Waals surface area (Å²) in [5.41, 5.74) is 2.84. The Morgan fingerprint density at radius 3 is 2.75 bits per heavy atom. The Morgan fingerprint density at radius 2 is 2.04 bits per heavy atom. The molecule has 1 heterocycles. The average Bonchev–Trinajstić information content (AvgIpc) is 2.86. The first-order valence-electron chi connectivity index (χ1n) is 7.42. The maximum absolute atomic E-state index is 12.9. The summed E-state index contributed by atoms with van der Waals surface area (Å²) in [5, 5.41) is 0. The molecule has 0 saturated carbocycles. The van der Waals surface area contributed by atoms with Gasteiger partial charge in [-0.3, -0.25) is 4.79 Å². The van der Waals surface area contributed by atoms with Crippen LogP contribution >= 0.6 is 11.3 Å². The molecule has 0 saturated heterocycles. The molecule has 3 rings (SSSR count). The minimum atomic E-state index is -0.324. The quantitative estimate of drug-likeness (QED) is 0.674. The maximum atomic E-state index is 12.9. The molecule has 0 unspecified atom stereocenters. The molecule has 1 amide bonds. The lowest BCUT2D eigenvalue weighted by atomic mass is 10.1. The lowest BCUT2D eigenvalue weighted by Crippen LogP contribution is -2.17. The number of aromatic nitrogens is 1. The summed E-state index contributed by atoms with van der Waals surface area (Å²) < 4.78 is 15.8. The average molecular weight is 338 g/mol. The molecule has 3 nitrogen and oxygen atoms in total. The van der Waals surface area contributed by atoms with E-state index in [2.05, 4.69) is 17.0 Å². The number of carbonyl (C=O) groups excluding carboxylic acids is 1. The van der Waals surface area contributed by atoms with Crippen molar-refractivity contribution in [3.05, 3.63) is 64.2 Å². The van der Waals surface area contributed by atoms with Gasteiger partial charge in [0, 0.05) is 0 Å². The first-order valence-corrected chi connectivity index (χ1v) is 8.24. The first-order chi connectivity index (χ1) is 11.6. The minimum Gasteiger partial charge on any atom is -0.305 e. The minimum absolute atomic E-state index is 0.129. The van der Waals surface area contributed by atoms with E-state index in [0.717, 1.165) is 21.3 Å². The van der Waals surface area contributed by atoms with E-state index in [0.29, 0.717) is 11.3 Å². The number of benzene rings is 2. The molecule has 0 spiro atoms. The zero-order chi connectivity index (χ0) is 17.1. The lowest BCUT2D eigenvalue weighted by Gasteiger charge is -2.00. The number of thiazole rings is 1. The van der Waals surface area contributed by atoms with Crippen LogP contribution in [0.2, 0.25) is 0 Å². The van der Waals surface area contributed by atoms with Crippen LogP contribution in [0.15, 0.2) is 47.5 Å². The number of hydrogen-bond acceptors (Lipinski definition) is 2. The zero-order valence-electron chi connectivity index (χ0n) is 13.1. The molecule has 0 aliphatic rings. The van der Waals surface area contributed by atoms with Crippen LogP contribution in [0.5, 0.6) is 0 Å². The van der Waals surface area contributed by atoms with Crippen molar-refractivity contribution in [3.63, 3.8) is 0 Å². The van der Waals surface area contributed by atoms with E-state index in [4.69, 9.17) is 6.42 Å². The molecule has 120 valence electrons. The third-order valence-electron chi connectivity index (χ3n) is 3.58. The fourth-order valence-corrected chi connectivity index (χ4v) is 3.58. The van der Waals surface area contributed by atoms with E-state index in [1.54, 1.807) is 12.1 Å². The van der Waals surface area contributed by atoms with Crippen molar-refractivity contribution in [2.24, 2.45) is 4.99 Å². The molecule has 0 aliphatic carbocycles. The molecule has 5 heteroatoms. The number of amides is 1. The summed E-state index contributed by atoms with van der Waals surface area (Å²) in [6.07, 6.45) is 5.58. The molecule has 24 heavy (non-hydrogen) atoms. The van der Waals surface area contributed by atoms with Gasteiger partial charge in [-0.1, -0.05) is 35.5 Å². The third kappa shape index (κ3) is 3.44. The van der Waals surface area contributed by atoms with Crippen LogP contribution in [0.3, 0.4) is 0 Å². The van der Waals surface area contributed by atoms with Crippen molar-refractivity contribution in [3.8, 4) is 12.3 Å². The van der Waals surface area contributed by atoms with Crippen LogP contribution in [-0.2, 0) is 17.8 Å². The molecular formula is C19H15FN2OS. The third-order valence-corrected chi connectivity index (χ3v) is 4.62. The van der Waals surface area contributed by atoms with E-state index in [1.165, 1.54) is 23.5 Å². The second-order valence-corrected chi connectivity index (χ2v) is 6.46. The van der Waals surface area contributed by atoms with Crippen LogP contribution in [0.25, 0.3) is 10.2 Å². The lowest BCUT2D eigenvalue weighted by molar-refractivity contribution is -0.117. The molecule has 2 aromatic carbocycles. The van der Waals surface area contributed by atoms with Crippen LogP contribution in [0.4, 0.5) is 4.39 Å². The fraction of sp³-hybridized carbons (Fsp3) is 0.158. The van der Waals surface area contributed by atoms with Gasteiger partial charge in [0.2, 0.25) is 0 Å². The highest BCUT2D eigenvalue weighted by Crippen LogP contribution is 2.18. The smallest absolute Gasteiger partial charge is 0.252 e. The van der Waals surface area contributed by atoms with Crippen molar-refractivity contribution in [2.45, 2.75) is 19.9 Å². The van der Waals surface area contributed by atoms with E-state index >= 15 is 0 Å². The largest absolute Gasteiger partial charge is 0.305 e. The van der Waals surface area contributed by atoms with Crippen molar-refractivity contribution in [2.75, 3.05) is 0 Å². The Balaban J connectivity index is 1.99. The predicted octanol–water partition coefficient (Wildman–Crippen LogP) is 3.45. The monoisotopic (exact) mass is 338 g/mol. The summed E-state index contributed by atoms with van der Waals surface area (Å²) >= 11 is 1.44. The van der Waals surface area contributed by atoms with Gasteiger partial charge in [0.1, 0.15) is 5.82 Å². The summed E-state index contributed by atoms with van der Waals surface area (Å²) in [5.74, 6) is 2.00. The van der Waals surface area contributed by atoms with Crippen LogP contribution in [0, 0.1) is 25.1 Å². The van der Waals surface area contributed by atoms with Crippen LogP contribution < -0.4 is 4.80 Å². The van der Waals surface area contributed by atoms with Gasteiger partial charge in [-0.2, -0.15) is 4.99 Å². The molecule has 0 aliphatic heterocycles. The van der Waals surface area contributed by atoms with E-state index in [1.807, 2.05) is 23.6 Å². The number of carbonyl (C=O) groups is 1. The predicted molar refractivity (Wildman–Crippen MR) is 94.1 cm³/mol. The second-order valence-electron chi connectivity index (χ2n) is 5.45. The van der Waals surface area contributed by atoms with Gasteiger partial charge >= 0.3 is 0 Å². The highest BCUT2D eigenvalue weighted by molar-refractivity contribution is 7.16. The number of rotatable bonds is 3. The summed E-state index contributed by atoms with van der Waals surface area (Å²) in [4.78, 5) is 17.0. The Bertz CT molecular complexity index is 1010. The number of aryl methyl sites for hydroxylation is 1. The zero-order valence-corrected chi connectivity index (χ0v) is 13.9. The number of terminal acetylenes is 1. The van der Waals surface area contributed by atoms with E-state index in [-0.39, 0.29) is 18.1 Å². The van der Waals surface area contributed by atoms with Gasteiger partial charge in [-0.05, 0) is 42.3 Å². The number of nitrogens with zero attached hydrogens (tertiary/aromatic N) is 2. The first kappa shape index (κ1) is 16.2. The molecular weight excluding hydrogens is 323 g/mol. The Morgan fingerprint density at radius 1 is 1.29 bits per heavy atom. The van der Waals surface area contributed by atoms with Gasteiger partial charge in [0.05, 0.1) is 23.2 Å². The van der Waals surface area contributed by atoms with Gasteiger partial charge in [0.15, 0.2) is 4.80 Å². The normalized spacial score (nSPS) is 11.6. The van der Waals surface area contributed by atoms with E-state index in [9.17, 15) is 9.18 Å². The fourth-order valence-electron chi connectivity index (χ4n) is 2.43. The SMILES string of the molecule is C#CCn1c(=NC(=O)Cc2ccc(F)cc2)sc2cc(C)ccc21. The van der Waals surface area contributed by atoms with Gasteiger partial charge in [-0.25, -0.2) is 4.39 Å². The molecule has 1 aromatic heterocycles. The molecule has 0 fully saturated rings. The number of hydrogen-bond donors (Lipinski definition) is 0. The van der Waals surface area contributed by atoms with Crippen molar-refractivity contribution < 1.29 is 9.18 Å². The number of halogens is 1. The Labute approximate surface area is 143 Å². The standard InChI is InChI=1S/C19H15FN2OS/c1-3-10-22-16-9-4-13(2)11-17(16)24-19(22)21-18(23)12-14-5-7-15(20)8-6-14/h1,4-9,11H,10,12H2,2H3. The highest BCUT2D eigenvalue weighted by Gasteiger charge is 2.08. The second kappa shape index (κ2) is 6.81. The highest BCUT2D eigenvalue weighted by atomic mass is 32.1. The topological polar surface area (TPSA) is 34.4 Å².